The van der Waals surface area contributed by atoms with E-state index in [1.54, 1.807) is 24.4 Å². The minimum Gasteiger partial charge on any atom is -0.393 e. The fourth-order valence-electron chi connectivity index (χ4n) is 2.04. The first-order valence-electron chi connectivity index (χ1n) is 6.57. The van der Waals surface area contributed by atoms with Gasteiger partial charge >= 0.3 is 0 Å². The van der Waals surface area contributed by atoms with Crippen molar-refractivity contribution >= 4 is 22.3 Å². The molecule has 0 radical (unpaired) electrons. The molecule has 20 heavy (non-hydrogen) atoms. The lowest BCUT2D eigenvalue weighted by molar-refractivity contribution is -0.383. The van der Waals surface area contributed by atoms with E-state index < -0.39 is 4.92 Å². The quantitative estimate of drug-likeness (QED) is 0.625. The Morgan fingerprint density at radius 2 is 2.25 bits per heavy atom. The predicted molar refractivity (Wildman–Crippen MR) is 77.8 cm³/mol. The van der Waals surface area contributed by atoms with Crippen LogP contribution in [-0.2, 0) is 0 Å². The minimum atomic E-state index is -0.431. The molecule has 0 aliphatic carbocycles. The average molecular weight is 275 g/mol. The molecule has 0 aliphatic rings. The van der Waals surface area contributed by atoms with E-state index >= 15 is 0 Å². The summed E-state index contributed by atoms with van der Waals surface area (Å²) in [5, 5.41) is 24.4. The molecule has 0 aliphatic heterocycles. The number of aliphatic hydroxyl groups excluding tert-OH is 1. The van der Waals surface area contributed by atoms with Crippen LogP contribution < -0.4 is 5.32 Å². The van der Waals surface area contributed by atoms with Gasteiger partial charge in [0.05, 0.1) is 11.0 Å². The van der Waals surface area contributed by atoms with Crippen LogP contribution in [0.1, 0.15) is 19.8 Å². The molecule has 1 unspecified atom stereocenters. The minimum absolute atomic E-state index is 0.000238. The highest BCUT2D eigenvalue weighted by molar-refractivity contribution is 5.96. The van der Waals surface area contributed by atoms with Crippen molar-refractivity contribution in [1.82, 2.24) is 4.98 Å². The number of pyridine rings is 1. The highest BCUT2D eigenvalue weighted by Gasteiger charge is 2.14. The van der Waals surface area contributed by atoms with Gasteiger partial charge in [0.1, 0.15) is 5.52 Å². The zero-order chi connectivity index (χ0) is 14.5. The summed E-state index contributed by atoms with van der Waals surface area (Å²) in [5.41, 5.74) is 1.17. The van der Waals surface area contributed by atoms with Gasteiger partial charge in [-0.3, -0.25) is 10.1 Å². The number of nitrogens with one attached hydrogen (secondary N) is 1. The Bertz CT molecular complexity index is 616. The number of hydrogen-bond acceptors (Lipinski definition) is 5. The van der Waals surface area contributed by atoms with Gasteiger partial charge in [0, 0.05) is 29.9 Å². The summed E-state index contributed by atoms with van der Waals surface area (Å²) in [4.78, 5) is 14.6. The monoisotopic (exact) mass is 275 g/mol. The summed E-state index contributed by atoms with van der Waals surface area (Å²) in [5.74, 6) is 0. The summed E-state index contributed by atoms with van der Waals surface area (Å²) in [6.45, 7) is 2.53. The number of nitro benzene ring substituents is 1. The molecular weight excluding hydrogens is 258 g/mol. The van der Waals surface area contributed by atoms with E-state index in [1.165, 1.54) is 6.07 Å². The maximum absolute atomic E-state index is 11.0. The standard InChI is InChI=1S/C14H17N3O3/c1-2-10(18)6-8-15-12-7-9-16-14-11(12)4-3-5-13(14)17(19)20/h3-5,7,9-10,18H,2,6,8H2,1H3,(H,15,16). The van der Waals surface area contributed by atoms with E-state index in [0.29, 0.717) is 30.3 Å². The van der Waals surface area contributed by atoms with E-state index in [0.717, 1.165) is 5.69 Å². The van der Waals surface area contributed by atoms with Crippen LogP contribution in [0.5, 0.6) is 0 Å². The molecule has 0 saturated carbocycles. The number of para-hydroxylation sites is 1. The third-order valence-corrected chi connectivity index (χ3v) is 3.21. The van der Waals surface area contributed by atoms with Gasteiger partial charge in [-0.15, -0.1) is 0 Å². The van der Waals surface area contributed by atoms with Gasteiger partial charge in [-0.2, -0.15) is 0 Å². The molecule has 2 rings (SSSR count). The molecule has 2 N–H and O–H groups in total. The number of aliphatic hydroxyl groups is 1. The van der Waals surface area contributed by atoms with E-state index in [9.17, 15) is 15.2 Å². The Kier molecular flexibility index (Phi) is 4.47. The molecule has 0 bridgehead atoms. The highest BCUT2D eigenvalue weighted by Crippen LogP contribution is 2.28. The summed E-state index contributed by atoms with van der Waals surface area (Å²) < 4.78 is 0. The zero-order valence-electron chi connectivity index (χ0n) is 11.2. The van der Waals surface area contributed by atoms with Crippen LogP contribution >= 0.6 is 0 Å². The SMILES string of the molecule is CCC(O)CCNc1ccnc2c([N+](=O)[O-])cccc12. The molecule has 1 heterocycles. The number of nitro groups is 1. The highest BCUT2D eigenvalue weighted by atomic mass is 16.6. The number of rotatable bonds is 6. The first-order chi connectivity index (χ1) is 9.63. The summed E-state index contributed by atoms with van der Waals surface area (Å²) in [6.07, 6.45) is 2.57. The van der Waals surface area contributed by atoms with Gasteiger partial charge in [0.25, 0.3) is 5.69 Å². The number of anilines is 1. The van der Waals surface area contributed by atoms with Crippen LogP contribution in [0.15, 0.2) is 30.5 Å². The van der Waals surface area contributed by atoms with Crippen molar-refractivity contribution in [1.29, 1.82) is 0 Å². The van der Waals surface area contributed by atoms with Crippen molar-refractivity contribution in [3.05, 3.63) is 40.6 Å². The van der Waals surface area contributed by atoms with Gasteiger partial charge in [0.2, 0.25) is 0 Å². The Labute approximate surface area is 116 Å². The van der Waals surface area contributed by atoms with Gasteiger partial charge < -0.3 is 10.4 Å². The Morgan fingerprint density at radius 3 is 2.95 bits per heavy atom. The van der Waals surface area contributed by atoms with Crippen LogP contribution in [0.2, 0.25) is 0 Å². The van der Waals surface area contributed by atoms with E-state index in [4.69, 9.17) is 0 Å². The maximum atomic E-state index is 11.0. The normalized spacial score (nSPS) is 12.3. The lowest BCUT2D eigenvalue weighted by Gasteiger charge is -2.11. The second-order valence-electron chi connectivity index (χ2n) is 4.57. The number of nitrogens with zero attached hydrogens (tertiary/aromatic N) is 2. The summed E-state index contributed by atoms with van der Waals surface area (Å²) in [6, 6.07) is 6.67. The largest absolute Gasteiger partial charge is 0.393 e. The topological polar surface area (TPSA) is 88.3 Å². The molecule has 6 nitrogen and oxygen atoms in total. The zero-order valence-corrected chi connectivity index (χ0v) is 11.2. The average Bonchev–Trinajstić information content (AvgIpc) is 2.46. The number of hydrogen-bond donors (Lipinski definition) is 2. The van der Waals surface area contributed by atoms with Gasteiger partial charge in [-0.05, 0) is 18.9 Å². The predicted octanol–water partition coefficient (Wildman–Crippen LogP) is 2.72. The Balaban J connectivity index is 2.26. The number of non-ortho nitro benzene ring substituents is 1. The molecule has 106 valence electrons. The van der Waals surface area contributed by atoms with E-state index in [2.05, 4.69) is 10.3 Å². The van der Waals surface area contributed by atoms with Crippen molar-refractivity contribution in [3.8, 4) is 0 Å². The van der Waals surface area contributed by atoms with Crippen molar-refractivity contribution < 1.29 is 10.0 Å². The van der Waals surface area contributed by atoms with Crippen molar-refractivity contribution in [3.63, 3.8) is 0 Å². The van der Waals surface area contributed by atoms with Crippen LogP contribution in [0, 0.1) is 10.1 Å². The summed E-state index contributed by atoms with van der Waals surface area (Å²) in [7, 11) is 0. The molecular formula is C14H17N3O3. The van der Waals surface area contributed by atoms with Crippen molar-refractivity contribution in [2.24, 2.45) is 0 Å². The first kappa shape index (κ1) is 14.2. The van der Waals surface area contributed by atoms with E-state index in [-0.39, 0.29) is 11.8 Å². The molecule has 6 heteroatoms. The molecule has 0 fully saturated rings. The van der Waals surface area contributed by atoms with Crippen LogP contribution in [0.25, 0.3) is 10.9 Å². The van der Waals surface area contributed by atoms with Gasteiger partial charge in [-0.25, -0.2) is 4.98 Å². The molecule has 2 aromatic rings. The first-order valence-corrected chi connectivity index (χ1v) is 6.57. The fraction of sp³-hybridized carbons (Fsp3) is 0.357. The van der Waals surface area contributed by atoms with Crippen LogP contribution in [-0.4, -0.2) is 27.7 Å². The summed E-state index contributed by atoms with van der Waals surface area (Å²) >= 11 is 0. The lowest BCUT2D eigenvalue weighted by Crippen LogP contribution is -2.12. The smallest absolute Gasteiger partial charge is 0.295 e. The van der Waals surface area contributed by atoms with E-state index in [1.807, 2.05) is 6.92 Å². The number of fused-ring (bicyclic) bond motifs is 1. The molecule has 1 aromatic heterocycles. The second kappa shape index (κ2) is 6.29. The number of aromatic nitrogens is 1. The molecule has 0 amide bonds. The third-order valence-electron chi connectivity index (χ3n) is 3.21. The molecule has 0 saturated heterocycles. The second-order valence-corrected chi connectivity index (χ2v) is 4.57. The van der Waals surface area contributed by atoms with Crippen molar-refractivity contribution in [2.75, 3.05) is 11.9 Å². The number of benzene rings is 1. The third kappa shape index (κ3) is 3.03. The fourth-order valence-corrected chi connectivity index (χ4v) is 2.04. The molecule has 1 aromatic carbocycles. The van der Waals surface area contributed by atoms with Gasteiger partial charge in [-0.1, -0.05) is 19.1 Å². The maximum Gasteiger partial charge on any atom is 0.295 e. The Morgan fingerprint density at radius 1 is 1.45 bits per heavy atom. The van der Waals surface area contributed by atoms with Crippen LogP contribution in [0.3, 0.4) is 0 Å². The Hall–Kier alpha value is -2.21. The lowest BCUT2D eigenvalue weighted by atomic mass is 10.1. The van der Waals surface area contributed by atoms with Crippen molar-refractivity contribution in [2.45, 2.75) is 25.9 Å². The van der Waals surface area contributed by atoms with Crippen LogP contribution in [0.4, 0.5) is 11.4 Å². The molecule has 1 atom stereocenters. The van der Waals surface area contributed by atoms with Gasteiger partial charge in [0.15, 0.2) is 0 Å². The molecule has 0 spiro atoms.